The first-order valence-electron chi connectivity index (χ1n) is 17.4. The van der Waals surface area contributed by atoms with Crippen molar-refractivity contribution in [3.8, 4) is 0 Å². The Bertz CT molecular complexity index is 1610. The van der Waals surface area contributed by atoms with E-state index in [1.54, 1.807) is 34.1 Å². The average molecular weight is 647 g/mol. The summed E-state index contributed by atoms with van der Waals surface area (Å²) in [7, 11) is 0. The summed E-state index contributed by atoms with van der Waals surface area (Å²) in [6.45, 7) is 3.53. The van der Waals surface area contributed by atoms with E-state index in [0.717, 1.165) is 36.8 Å². The normalized spacial score (nSPS) is 14.9. The van der Waals surface area contributed by atoms with E-state index in [-0.39, 0.29) is 42.1 Å². The third-order valence-electron chi connectivity index (χ3n) is 9.21. The summed E-state index contributed by atoms with van der Waals surface area (Å²) < 4.78 is 21.6. The summed E-state index contributed by atoms with van der Waals surface area (Å²) in [6.07, 6.45) is 12.7. The molecule has 1 aliphatic carbocycles. The maximum atomic E-state index is 15.0. The van der Waals surface area contributed by atoms with E-state index in [0.29, 0.717) is 54.6 Å². The van der Waals surface area contributed by atoms with Gasteiger partial charge in [-0.1, -0.05) is 82.6 Å². The van der Waals surface area contributed by atoms with Gasteiger partial charge in [0.05, 0.1) is 16.6 Å². The Morgan fingerprint density at radius 3 is 2.17 bits per heavy atom. The number of carbonyl (C=O) groups is 3. The van der Waals surface area contributed by atoms with Crippen LogP contribution < -0.4 is 5.56 Å². The molecule has 1 aromatic heterocycles. The predicted molar refractivity (Wildman–Crippen MR) is 178 cm³/mol. The number of halogens is 1. The number of fused-ring (bicyclic) bond motifs is 1. The highest BCUT2D eigenvalue weighted by atomic mass is 19.1. The molecule has 9 nitrogen and oxygen atoms in total. The molecule has 0 unspecified atom stereocenters. The highest BCUT2D eigenvalue weighted by Gasteiger charge is 2.35. The van der Waals surface area contributed by atoms with Crippen molar-refractivity contribution in [2.24, 2.45) is 5.92 Å². The van der Waals surface area contributed by atoms with Gasteiger partial charge in [-0.15, -0.1) is 0 Å². The number of ether oxygens (including phenoxy) is 1. The third kappa shape index (κ3) is 9.26. The minimum atomic E-state index is -0.614. The number of aromatic nitrogens is 2. The van der Waals surface area contributed by atoms with Crippen LogP contribution >= 0.6 is 0 Å². The Morgan fingerprint density at radius 1 is 0.851 bits per heavy atom. The van der Waals surface area contributed by atoms with Gasteiger partial charge in [0, 0.05) is 50.3 Å². The molecule has 1 saturated heterocycles. The topological polar surface area (TPSA) is 102 Å². The summed E-state index contributed by atoms with van der Waals surface area (Å²) in [5, 5.41) is 5.63. The van der Waals surface area contributed by atoms with E-state index in [4.69, 9.17) is 4.74 Å². The number of amides is 2. The van der Waals surface area contributed by atoms with Gasteiger partial charge in [-0.05, 0) is 43.0 Å². The van der Waals surface area contributed by atoms with Crippen LogP contribution in [0.3, 0.4) is 0 Å². The molecule has 0 radical (unpaired) electrons. The van der Waals surface area contributed by atoms with Gasteiger partial charge >= 0.3 is 5.97 Å². The zero-order valence-corrected chi connectivity index (χ0v) is 27.6. The van der Waals surface area contributed by atoms with Crippen LogP contribution in [-0.2, 0) is 27.5 Å². The van der Waals surface area contributed by atoms with Gasteiger partial charge in [-0.2, -0.15) is 9.78 Å². The Balaban J connectivity index is 1.20. The van der Waals surface area contributed by atoms with Gasteiger partial charge in [0.2, 0.25) is 5.91 Å². The molecular weight excluding hydrogens is 599 g/mol. The van der Waals surface area contributed by atoms with E-state index < -0.39 is 11.7 Å². The number of unbranched alkanes of at least 4 members (excludes halogenated alkanes) is 8. The number of esters is 1. The van der Waals surface area contributed by atoms with Gasteiger partial charge in [0.15, 0.2) is 6.73 Å². The minimum Gasteiger partial charge on any atom is -0.442 e. The van der Waals surface area contributed by atoms with Crippen LogP contribution in [0.25, 0.3) is 10.8 Å². The molecule has 10 heteroatoms. The van der Waals surface area contributed by atoms with Crippen molar-refractivity contribution in [1.29, 1.82) is 0 Å². The number of carbonyl (C=O) groups excluding carboxylic acids is 3. The number of benzene rings is 2. The van der Waals surface area contributed by atoms with E-state index in [2.05, 4.69) is 12.0 Å². The largest absolute Gasteiger partial charge is 0.442 e. The lowest BCUT2D eigenvalue weighted by Crippen LogP contribution is -2.51. The zero-order chi connectivity index (χ0) is 33.2. The molecule has 2 aromatic carbocycles. The van der Waals surface area contributed by atoms with Crippen LogP contribution in [0, 0.1) is 11.7 Å². The average Bonchev–Trinajstić information content (AvgIpc) is 3.94. The van der Waals surface area contributed by atoms with Gasteiger partial charge in [-0.3, -0.25) is 19.2 Å². The van der Waals surface area contributed by atoms with Crippen LogP contribution in [0.5, 0.6) is 0 Å². The zero-order valence-electron chi connectivity index (χ0n) is 27.6. The fourth-order valence-electron chi connectivity index (χ4n) is 6.24. The fourth-order valence-corrected chi connectivity index (χ4v) is 6.24. The minimum absolute atomic E-state index is 0.0347. The van der Waals surface area contributed by atoms with Gasteiger partial charge in [-0.25, -0.2) is 4.39 Å². The van der Waals surface area contributed by atoms with Crippen molar-refractivity contribution in [3.63, 3.8) is 0 Å². The van der Waals surface area contributed by atoms with Crippen molar-refractivity contribution in [1.82, 2.24) is 19.6 Å². The second kappa shape index (κ2) is 16.7. The van der Waals surface area contributed by atoms with Crippen LogP contribution in [0.2, 0.25) is 0 Å². The third-order valence-corrected chi connectivity index (χ3v) is 9.21. The summed E-state index contributed by atoms with van der Waals surface area (Å²) in [6, 6.07) is 11.5. The molecule has 0 bridgehead atoms. The van der Waals surface area contributed by atoms with Gasteiger partial charge in [0.25, 0.3) is 11.5 Å². The second-order valence-corrected chi connectivity index (χ2v) is 12.9. The summed E-state index contributed by atoms with van der Waals surface area (Å²) in [4.78, 5) is 54.8. The predicted octanol–water partition coefficient (Wildman–Crippen LogP) is 6.24. The Hall–Kier alpha value is -4.08. The highest BCUT2D eigenvalue weighted by Crippen LogP contribution is 2.31. The van der Waals surface area contributed by atoms with Crippen LogP contribution in [0.4, 0.5) is 4.39 Å². The van der Waals surface area contributed by atoms with E-state index >= 15 is 0 Å². The van der Waals surface area contributed by atoms with Crippen LogP contribution in [-0.4, -0.2) is 63.5 Å². The first kappa shape index (κ1) is 34.3. The molecule has 2 fully saturated rings. The van der Waals surface area contributed by atoms with E-state index in [9.17, 15) is 23.6 Å². The Labute approximate surface area is 276 Å². The number of hydrogen-bond donors (Lipinski definition) is 0. The van der Waals surface area contributed by atoms with Gasteiger partial charge < -0.3 is 14.5 Å². The molecule has 0 N–H and O–H groups in total. The van der Waals surface area contributed by atoms with Crippen molar-refractivity contribution >= 4 is 28.6 Å². The Morgan fingerprint density at radius 2 is 1.49 bits per heavy atom. The molecule has 0 atom stereocenters. The first-order chi connectivity index (χ1) is 22.9. The highest BCUT2D eigenvalue weighted by molar-refractivity contribution is 5.95. The quantitative estimate of drug-likeness (QED) is 0.135. The molecule has 2 aliphatic rings. The lowest BCUT2D eigenvalue weighted by atomic mass is 10.0. The lowest BCUT2D eigenvalue weighted by molar-refractivity contribution is -0.148. The monoisotopic (exact) mass is 646 g/mol. The van der Waals surface area contributed by atoms with Crippen molar-refractivity contribution in [2.45, 2.75) is 97.1 Å². The van der Waals surface area contributed by atoms with Crippen LogP contribution in [0.1, 0.15) is 106 Å². The summed E-state index contributed by atoms with van der Waals surface area (Å²) in [5.74, 6) is -1.11. The van der Waals surface area contributed by atoms with Crippen LogP contribution in [0.15, 0.2) is 47.3 Å². The molecule has 5 rings (SSSR count). The molecular formula is C37H47FN4O5. The maximum absolute atomic E-state index is 15.0. The number of rotatable bonds is 16. The molecule has 1 aliphatic heterocycles. The summed E-state index contributed by atoms with van der Waals surface area (Å²) in [5.41, 5.74) is 0.803. The summed E-state index contributed by atoms with van der Waals surface area (Å²) >= 11 is 0. The first-order valence-corrected chi connectivity index (χ1v) is 17.4. The smallest absolute Gasteiger partial charge is 0.307 e. The molecule has 3 aromatic rings. The van der Waals surface area contributed by atoms with E-state index in [1.807, 2.05) is 6.07 Å². The number of hydrogen-bond acceptors (Lipinski definition) is 6. The SMILES string of the molecule is CCCCCCCCCCCC(=O)OCn1nc(Cc2ccc(F)c(C(=O)N3CCN(C(=O)C4CC4)CC3)c2)c2ccccc2c1=O. The molecule has 2 heterocycles. The standard InChI is InChI=1S/C37H47FN4O5/c1-2-3-4-5-6-7-8-9-10-15-34(43)47-26-42-37(46)30-14-12-11-13-29(30)33(39-42)25-27-16-19-32(38)31(24-27)36(45)41-22-20-40(21-23-41)35(44)28-17-18-28/h11-14,16,19,24,28H,2-10,15,17-18,20-23,25-26H2,1H3. The molecule has 0 spiro atoms. The fraction of sp³-hybridized carbons (Fsp3) is 0.541. The lowest BCUT2D eigenvalue weighted by Gasteiger charge is -2.35. The number of piperazine rings is 1. The maximum Gasteiger partial charge on any atom is 0.307 e. The van der Waals surface area contributed by atoms with Crippen molar-refractivity contribution in [2.75, 3.05) is 26.2 Å². The van der Waals surface area contributed by atoms with E-state index in [1.165, 1.54) is 50.7 Å². The number of nitrogens with zero attached hydrogens (tertiary/aromatic N) is 4. The molecule has 47 heavy (non-hydrogen) atoms. The molecule has 2 amide bonds. The second-order valence-electron chi connectivity index (χ2n) is 12.9. The molecule has 1 saturated carbocycles. The van der Waals surface area contributed by atoms with Crippen molar-refractivity contribution < 1.29 is 23.5 Å². The van der Waals surface area contributed by atoms with Crippen molar-refractivity contribution in [3.05, 3.63) is 75.5 Å². The molecule has 252 valence electrons. The Kier molecular flexibility index (Phi) is 12.1. The van der Waals surface area contributed by atoms with Gasteiger partial charge in [0.1, 0.15) is 5.82 Å².